The Morgan fingerprint density at radius 3 is 2.00 bits per heavy atom. The Balaban J connectivity index is 1.55. The number of nitrogens with one attached hydrogen (secondary N) is 1. The van der Waals surface area contributed by atoms with E-state index in [0.717, 1.165) is 53.2 Å². The first-order chi connectivity index (χ1) is 22.1. The Kier molecular flexibility index (Phi) is 10.5. The fraction of sp³-hybridized carbons (Fsp3) is 0.278. The van der Waals surface area contributed by atoms with E-state index in [2.05, 4.69) is 5.32 Å². The molecule has 1 saturated carbocycles. The number of hydrogen-bond donors (Lipinski definition) is 1. The Hall–Kier alpha value is -4.57. The van der Waals surface area contributed by atoms with Gasteiger partial charge in [-0.25, -0.2) is 17.2 Å². The van der Waals surface area contributed by atoms with Gasteiger partial charge in [0.05, 0.1) is 10.6 Å². The van der Waals surface area contributed by atoms with Gasteiger partial charge in [0.25, 0.3) is 10.0 Å². The van der Waals surface area contributed by atoms with Crippen molar-refractivity contribution in [2.75, 3.05) is 10.8 Å². The predicted octanol–water partition coefficient (Wildman–Crippen LogP) is 6.17. The summed E-state index contributed by atoms with van der Waals surface area (Å²) in [7, 11) is -4.30. The van der Waals surface area contributed by atoms with Crippen molar-refractivity contribution in [2.24, 2.45) is 0 Å². The highest BCUT2D eigenvalue weighted by molar-refractivity contribution is 7.92. The summed E-state index contributed by atoms with van der Waals surface area (Å²) in [6, 6.07) is 24.9. The number of nitrogens with zero attached hydrogens (tertiary/aromatic N) is 2. The number of amides is 2. The zero-order valence-corrected chi connectivity index (χ0v) is 26.4. The topological polar surface area (TPSA) is 86.8 Å². The molecule has 10 heteroatoms. The quantitative estimate of drug-likeness (QED) is 0.200. The summed E-state index contributed by atoms with van der Waals surface area (Å²) in [5.41, 5.74) is 2.32. The standard InChI is InChI=1S/C36H37F2N3O4S/c1-26-11-21-33(22-12-26)46(44,45)41(32-19-17-30(38)18-20-32)25-35(42)40(24-28-13-15-29(37)16-14-28)34(23-27-7-3-2-4-8-27)36(43)39-31-9-5-6-10-31/h2-4,7-8,11-22,31,34H,5-6,9-10,23-25H2,1H3,(H,39,43)/t34-/m0/s1. The molecule has 4 aromatic carbocycles. The van der Waals surface area contributed by atoms with Crippen LogP contribution in [0.15, 0.2) is 108 Å². The van der Waals surface area contributed by atoms with Gasteiger partial charge in [0.2, 0.25) is 11.8 Å². The first-order valence-corrected chi connectivity index (χ1v) is 16.8. The van der Waals surface area contributed by atoms with Crippen molar-refractivity contribution in [1.82, 2.24) is 10.2 Å². The smallest absolute Gasteiger partial charge is 0.264 e. The van der Waals surface area contributed by atoms with Crippen LogP contribution in [0.4, 0.5) is 14.5 Å². The van der Waals surface area contributed by atoms with Gasteiger partial charge in [0.1, 0.15) is 24.2 Å². The van der Waals surface area contributed by atoms with Gasteiger partial charge in [-0.2, -0.15) is 0 Å². The monoisotopic (exact) mass is 645 g/mol. The lowest BCUT2D eigenvalue weighted by atomic mass is 10.0. The maximum atomic E-state index is 14.5. The van der Waals surface area contributed by atoms with Crippen LogP contribution < -0.4 is 9.62 Å². The van der Waals surface area contributed by atoms with Crippen molar-refractivity contribution < 1.29 is 26.8 Å². The minimum absolute atomic E-state index is 0.0221. The molecule has 7 nitrogen and oxygen atoms in total. The average Bonchev–Trinajstić information content (AvgIpc) is 3.56. The van der Waals surface area contributed by atoms with Gasteiger partial charge in [-0.3, -0.25) is 13.9 Å². The fourth-order valence-corrected chi connectivity index (χ4v) is 7.10. The zero-order valence-electron chi connectivity index (χ0n) is 25.6. The number of anilines is 1. The van der Waals surface area contributed by atoms with Crippen LogP contribution in [-0.2, 0) is 32.6 Å². The Morgan fingerprint density at radius 1 is 0.804 bits per heavy atom. The number of rotatable bonds is 12. The summed E-state index contributed by atoms with van der Waals surface area (Å²) in [5, 5.41) is 3.12. The third kappa shape index (κ3) is 8.17. The highest BCUT2D eigenvalue weighted by atomic mass is 32.2. The second-order valence-electron chi connectivity index (χ2n) is 11.6. The molecule has 0 aliphatic heterocycles. The highest BCUT2D eigenvalue weighted by Crippen LogP contribution is 2.26. The zero-order chi connectivity index (χ0) is 32.7. The molecule has 1 aliphatic rings. The van der Waals surface area contributed by atoms with Crippen LogP contribution in [0.3, 0.4) is 0 Å². The largest absolute Gasteiger partial charge is 0.352 e. The maximum absolute atomic E-state index is 14.5. The van der Waals surface area contributed by atoms with E-state index >= 15 is 0 Å². The summed E-state index contributed by atoms with van der Waals surface area (Å²) in [6.07, 6.45) is 3.84. The fourth-order valence-electron chi connectivity index (χ4n) is 5.68. The minimum atomic E-state index is -4.30. The van der Waals surface area contributed by atoms with Gasteiger partial charge >= 0.3 is 0 Å². The molecule has 0 saturated heterocycles. The summed E-state index contributed by atoms with van der Waals surface area (Å²) in [6.45, 7) is 1.09. The molecule has 240 valence electrons. The molecule has 1 fully saturated rings. The highest BCUT2D eigenvalue weighted by Gasteiger charge is 2.35. The number of hydrogen-bond acceptors (Lipinski definition) is 4. The number of benzene rings is 4. The van der Waals surface area contributed by atoms with Gasteiger partial charge in [0, 0.05) is 19.0 Å². The third-order valence-corrected chi connectivity index (χ3v) is 10.0. The normalized spacial score (nSPS) is 14.1. The van der Waals surface area contributed by atoms with Gasteiger partial charge in [-0.1, -0.05) is 73.0 Å². The molecule has 0 aromatic heterocycles. The molecule has 1 aliphatic carbocycles. The molecule has 46 heavy (non-hydrogen) atoms. The van der Waals surface area contributed by atoms with Crippen LogP contribution in [0.2, 0.25) is 0 Å². The van der Waals surface area contributed by atoms with Gasteiger partial charge in [-0.05, 0) is 79.4 Å². The Bertz CT molecular complexity index is 1730. The van der Waals surface area contributed by atoms with E-state index in [-0.39, 0.29) is 35.5 Å². The predicted molar refractivity (Wildman–Crippen MR) is 173 cm³/mol. The Morgan fingerprint density at radius 2 is 1.39 bits per heavy atom. The summed E-state index contributed by atoms with van der Waals surface area (Å²) in [5.74, 6) is -2.01. The maximum Gasteiger partial charge on any atom is 0.264 e. The van der Waals surface area contributed by atoms with Crippen molar-refractivity contribution in [1.29, 1.82) is 0 Å². The van der Waals surface area contributed by atoms with E-state index in [9.17, 15) is 26.8 Å². The minimum Gasteiger partial charge on any atom is -0.352 e. The molecule has 5 rings (SSSR count). The summed E-state index contributed by atoms with van der Waals surface area (Å²) >= 11 is 0. The van der Waals surface area contributed by atoms with Crippen molar-refractivity contribution in [3.05, 3.63) is 131 Å². The lowest BCUT2D eigenvalue weighted by Crippen LogP contribution is -2.54. The van der Waals surface area contributed by atoms with Crippen LogP contribution >= 0.6 is 0 Å². The van der Waals surface area contributed by atoms with E-state index in [1.54, 1.807) is 12.1 Å². The van der Waals surface area contributed by atoms with Crippen molar-refractivity contribution in [3.63, 3.8) is 0 Å². The number of carbonyl (C=O) groups is 2. The van der Waals surface area contributed by atoms with Gasteiger partial charge in [0.15, 0.2) is 0 Å². The average molecular weight is 646 g/mol. The van der Waals surface area contributed by atoms with E-state index in [0.29, 0.717) is 5.56 Å². The van der Waals surface area contributed by atoms with Crippen LogP contribution in [0.1, 0.15) is 42.4 Å². The molecule has 4 aromatic rings. The molecule has 0 radical (unpaired) electrons. The molecular formula is C36H37F2N3O4S. The molecule has 1 atom stereocenters. The summed E-state index contributed by atoms with van der Waals surface area (Å²) < 4.78 is 56.8. The molecule has 1 N–H and O–H groups in total. The van der Waals surface area contributed by atoms with E-state index in [4.69, 9.17) is 0 Å². The van der Waals surface area contributed by atoms with Gasteiger partial charge < -0.3 is 10.2 Å². The Labute approximate surface area is 268 Å². The van der Waals surface area contributed by atoms with E-state index in [1.165, 1.54) is 53.4 Å². The van der Waals surface area contributed by atoms with E-state index < -0.39 is 40.2 Å². The molecular weight excluding hydrogens is 608 g/mol. The number of halogens is 2. The lowest BCUT2D eigenvalue weighted by molar-refractivity contribution is -0.140. The first-order valence-electron chi connectivity index (χ1n) is 15.3. The number of sulfonamides is 1. The molecule has 2 amide bonds. The van der Waals surface area contributed by atoms with Crippen LogP contribution in [0.5, 0.6) is 0 Å². The lowest BCUT2D eigenvalue weighted by Gasteiger charge is -2.34. The third-order valence-electron chi connectivity index (χ3n) is 8.24. The van der Waals surface area contributed by atoms with Crippen molar-refractivity contribution >= 4 is 27.5 Å². The second kappa shape index (κ2) is 14.7. The van der Waals surface area contributed by atoms with Gasteiger partial charge in [-0.15, -0.1) is 0 Å². The number of aryl methyl sites for hydroxylation is 1. The van der Waals surface area contributed by atoms with Crippen molar-refractivity contribution in [2.45, 2.75) is 62.6 Å². The van der Waals surface area contributed by atoms with E-state index in [1.807, 2.05) is 37.3 Å². The van der Waals surface area contributed by atoms with Crippen LogP contribution in [0.25, 0.3) is 0 Å². The summed E-state index contributed by atoms with van der Waals surface area (Å²) in [4.78, 5) is 29.8. The molecule has 0 spiro atoms. The van der Waals surface area contributed by atoms with Crippen LogP contribution in [0, 0.1) is 18.6 Å². The van der Waals surface area contributed by atoms with Crippen LogP contribution in [-0.4, -0.2) is 43.8 Å². The SMILES string of the molecule is Cc1ccc(S(=O)(=O)N(CC(=O)N(Cc2ccc(F)cc2)[C@@H](Cc2ccccc2)C(=O)NC2CCCC2)c2ccc(F)cc2)cc1. The van der Waals surface area contributed by atoms with Crippen molar-refractivity contribution in [3.8, 4) is 0 Å². The molecule has 0 heterocycles. The molecule has 0 bridgehead atoms. The second-order valence-corrected chi connectivity index (χ2v) is 13.5. The first kappa shape index (κ1) is 32.8. The number of carbonyl (C=O) groups excluding carboxylic acids is 2. The molecule has 0 unspecified atom stereocenters.